The van der Waals surface area contributed by atoms with Gasteiger partial charge >= 0.3 is 6.61 Å². The van der Waals surface area contributed by atoms with Crippen molar-refractivity contribution in [3.8, 4) is 5.88 Å². The predicted molar refractivity (Wildman–Crippen MR) is 69.7 cm³/mol. The van der Waals surface area contributed by atoms with Crippen molar-refractivity contribution in [2.75, 3.05) is 0 Å². The van der Waals surface area contributed by atoms with Crippen LogP contribution in [0.25, 0.3) is 0 Å². The number of halogens is 3. The Labute approximate surface area is 116 Å². The van der Waals surface area contributed by atoms with Gasteiger partial charge in [0.15, 0.2) is 0 Å². The lowest BCUT2D eigenvalue weighted by atomic mass is 9.82. The lowest BCUT2D eigenvalue weighted by Gasteiger charge is -2.29. The second kappa shape index (κ2) is 4.87. The number of alkyl halides is 2. The van der Waals surface area contributed by atoms with Gasteiger partial charge in [0, 0.05) is 12.6 Å². The molecule has 2 rings (SSSR count). The first-order valence-corrected chi connectivity index (χ1v) is 6.46. The van der Waals surface area contributed by atoms with Gasteiger partial charge in [-0.1, -0.05) is 32.4 Å². The first kappa shape index (κ1) is 14.5. The molecule has 0 aliphatic carbocycles. The van der Waals surface area contributed by atoms with Crippen molar-refractivity contribution in [3.05, 3.63) is 21.8 Å². The van der Waals surface area contributed by atoms with Crippen LogP contribution < -0.4 is 10.1 Å². The summed E-state index contributed by atoms with van der Waals surface area (Å²) in [5, 5.41) is 3.51. The molecule has 0 radical (unpaired) electrons. The molecule has 0 fully saturated rings. The van der Waals surface area contributed by atoms with Gasteiger partial charge in [0.05, 0.1) is 5.69 Å². The molecule has 1 aliphatic rings. The first-order chi connectivity index (χ1) is 8.71. The zero-order valence-electron chi connectivity index (χ0n) is 11.4. The molecule has 0 spiro atoms. The fourth-order valence-corrected chi connectivity index (χ4v) is 2.64. The molecule has 1 atom stereocenters. The monoisotopic (exact) mass is 290 g/mol. The zero-order valence-corrected chi connectivity index (χ0v) is 12.1. The summed E-state index contributed by atoms with van der Waals surface area (Å²) in [5.41, 5.74) is 2.48. The highest BCUT2D eigenvalue weighted by Gasteiger charge is 2.36. The molecule has 1 unspecified atom stereocenters. The van der Waals surface area contributed by atoms with E-state index in [0.717, 1.165) is 16.8 Å². The summed E-state index contributed by atoms with van der Waals surface area (Å²) in [5.74, 6) is -0.190. The van der Waals surface area contributed by atoms with Gasteiger partial charge in [-0.05, 0) is 23.5 Å². The summed E-state index contributed by atoms with van der Waals surface area (Å²) in [6.07, 6.45) is 0. The molecule has 0 aromatic carbocycles. The minimum absolute atomic E-state index is 0.00783. The van der Waals surface area contributed by atoms with Gasteiger partial charge in [0.25, 0.3) is 0 Å². The molecule has 0 saturated carbocycles. The van der Waals surface area contributed by atoms with Crippen LogP contribution >= 0.6 is 11.6 Å². The molecule has 1 aromatic heterocycles. The van der Waals surface area contributed by atoms with E-state index in [2.05, 4.69) is 35.8 Å². The van der Waals surface area contributed by atoms with E-state index in [-0.39, 0.29) is 22.4 Å². The van der Waals surface area contributed by atoms with Crippen LogP contribution in [-0.2, 0) is 6.54 Å². The van der Waals surface area contributed by atoms with E-state index in [1.807, 2.05) is 6.92 Å². The number of fused-ring (bicyclic) bond motifs is 1. The summed E-state index contributed by atoms with van der Waals surface area (Å²) < 4.78 is 29.0. The average Bonchev–Trinajstić information content (AvgIpc) is 2.68. The molecule has 1 N–H and O–H groups in total. The molecule has 2 heterocycles. The number of rotatable bonds is 2. The van der Waals surface area contributed by atoms with Crippen LogP contribution in [0.15, 0.2) is 0 Å². The maximum absolute atomic E-state index is 12.3. The Morgan fingerprint density at radius 1 is 1.42 bits per heavy atom. The van der Waals surface area contributed by atoms with Crippen LogP contribution in [0.4, 0.5) is 8.78 Å². The molecule has 1 aromatic rings. The molecule has 3 nitrogen and oxygen atoms in total. The molecule has 106 valence electrons. The molecule has 19 heavy (non-hydrogen) atoms. The number of nitrogens with one attached hydrogen (secondary N) is 1. The van der Waals surface area contributed by atoms with Crippen LogP contribution in [0.2, 0.25) is 5.02 Å². The third-order valence-corrected chi connectivity index (χ3v) is 3.74. The summed E-state index contributed by atoms with van der Waals surface area (Å²) in [4.78, 5) is 4.12. The minimum atomic E-state index is -2.92. The molecule has 1 aliphatic heterocycles. The zero-order chi connectivity index (χ0) is 14.4. The molecular formula is C13H17ClF2N2O. The van der Waals surface area contributed by atoms with Gasteiger partial charge in [-0.3, -0.25) is 0 Å². The summed E-state index contributed by atoms with van der Waals surface area (Å²) >= 11 is 6.09. The van der Waals surface area contributed by atoms with Crippen molar-refractivity contribution in [2.24, 2.45) is 5.41 Å². The standard InChI is InChI=1S/C13H17ClF2N2O/c1-6-8-7(5-17-10(8)13(2,3)4)18-11(9(6)14)19-12(15)16/h10,12,17H,5H2,1-4H3. The Kier molecular flexibility index (Phi) is 3.71. The summed E-state index contributed by atoms with van der Waals surface area (Å²) in [6.45, 7) is 5.75. The SMILES string of the molecule is Cc1c(Cl)c(OC(F)F)nc2c1C(C(C)(C)C)NC2. The van der Waals surface area contributed by atoms with Gasteiger partial charge in [0.1, 0.15) is 5.02 Å². The number of ether oxygens (including phenoxy) is 1. The molecule has 0 amide bonds. The third kappa shape index (κ3) is 2.67. The number of hydrogen-bond donors (Lipinski definition) is 1. The van der Waals surface area contributed by atoms with Gasteiger partial charge in [-0.2, -0.15) is 8.78 Å². The number of aromatic nitrogens is 1. The maximum atomic E-state index is 12.3. The van der Waals surface area contributed by atoms with Crippen LogP contribution in [0.5, 0.6) is 5.88 Å². The number of nitrogens with zero attached hydrogens (tertiary/aromatic N) is 1. The van der Waals surface area contributed by atoms with Crippen molar-refractivity contribution in [3.63, 3.8) is 0 Å². The van der Waals surface area contributed by atoms with Crippen LogP contribution in [0.1, 0.15) is 43.6 Å². The topological polar surface area (TPSA) is 34.1 Å². The predicted octanol–water partition coefficient (Wildman–Crippen LogP) is 3.84. The molecule has 6 heteroatoms. The van der Waals surface area contributed by atoms with E-state index in [9.17, 15) is 8.78 Å². The quantitative estimate of drug-likeness (QED) is 0.899. The Bertz CT molecular complexity index is 500. The Balaban J connectivity index is 2.49. The van der Waals surface area contributed by atoms with Gasteiger partial charge in [-0.15, -0.1) is 0 Å². The lowest BCUT2D eigenvalue weighted by molar-refractivity contribution is -0.0529. The number of hydrogen-bond acceptors (Lipinski definition) is 3. The third-order valence-electron chi connectivity index (χ3n) is 3.30. The Morgan fingerprint density at radius 2 is 2.05 bits per heavy atom. The van der Waals surface area contributed by atoms with E-state index in [1.54, 1.807) is 0 Å². The number of pyridine rings is 1. The van der Waals surface area contributed by atoms with E-state index in [0.29, 0.717) is 6.54 Å². The molecule has 0 bridgehead atoms. The summed E-state index contributed by atoms with van der Waals surface area (Å²) in [7, 11) is 0. The van der Waals surface area contributed by atoms with Crippen molar-refractivity contribution in [2.45, 2.75) is 46.9 Å². The highest BCUT2D eigenvalue weighted by atomic mass is 35.5. The van der Waals surface area contributed by atoms with Gasteiger partial charge < -0.3 is 10.1 Å². The van der Waals surface area contributed by atoms with Gasteiger partial charge in [-0.25, -0.2) is 4.98 Å². The smallest absolute Gasteiger partial charge is 0.388 e. The maximum Gasteiger partial charge on any atom is 0.388 e. The normalized spacial score (nSPS) is 18.8. The highest BCUT2D eigenvalue weighted by molar-refractivity contribution is 6.32. The Hall–Kier alpha value is -0.940. The molecular weight excluding hydrogens is 274 g/mol. The van der Waals surface area contributed by atoms with Crippen molar-refractivity contribution >= 4 is 11.6 Å². The second-order valence-electron chi connectivity index (χ2n) is 5.77. The van der Waals surface area contributed by atoms with Crippen molar-refractivity contribution < 1.29 is 13.5 Å². The highest BCUT2D eigenvalue weighted by Crippen LogP contribution is 2.43. The van der Waals surface area contributed by atoms with E-state index in [1.165, 1.54) is 0 Å². The second-order valence-corrected chi connectivity index (χ2v) is 6.15. The largest absolute Gasteiger partial charge is 0.415 e. The Morgan fingerprint density at radius 3 is 2.58 bits per heavy atom. The van der Waals surface area contributed by atoms with Crippen LogP contribution in [-0.4, -0.2) is 11.6 Å². The van der Waals surface area contributed by atoms with Gasteiger partial charge in [0.2, 0.25) is 5.88 Å². The van der Waals surface area contributed by atoms with Crippen molar-refractivity contribution in [1.82, 2.24) is 10.3 Å². The minimum Gasteiger partial charge on any atom is -0.415 e. The molecule has 0 saturated heterocycles. The van der Waals surface area contributed by atoms with Crippen molar-refractivity contribution in [1.29, 1.82) is 0 Å². The fourth-order valence-electron chi connectivity index (χ4n) is 2.45. The summed E-state index contributed by atoms with van der Waals surface area (Å²) in [6, 6.07) is 0.105. The fraction of sp³-hybridized carbons (Fsp3) is 0.615. The van der Waals surface area contributed by atoms with Crippen LogP contribution in [0.3, 0.4) is 0 Å². The lowest BCUT2D eigenvalue weighted by Crippen LogP contribution is -2.27. The van der Waals surface area contributed by atoms with E-state index >= 15 is 0 Å². The van der Waals surface area contributed by atoms with E-state index < -0.39 is 6.61 Å². The van der Waals surface area contributed by atoms with Crippen LogP contribution in [0, 0.1) is 12.3 Å². The first-order valence-electron chi connectivity index (χ1n) is 6.09. The average molecular weight is 291 g/mol. The van der Waals surface area contributed by atoms with E-state index in [4.69, 9.17) is 11.6 Å².